The topological polar surface area (TPSA) is 35.0 Å². The minimum atomic E-state index is 0.0891. The fraction of sp³-hybridized carbons (Fsp3) is 0.333. The van der Waals surface area contributed by atoms with Crippen molar-refractivity contribution in [2.45, 2.75) is 47.1 Å². The van der Waals surface area contributed by atoms with E-state index in [2.05, 4.69) is 128 Å². The van der Waals surface area contributed by atoms with Crippen molar-refractivity contribution < 1.29 is 0 Å². The van der Waals surface area contributed by atoms with Crippen LogP contribution < -0.4 is 14.8 Å². The first kappa shape index (κ1) is 25.8. The molecule has 4 aromatic rings. The zero-order valence-electron chi connectivity index (χ0n) is 23.4. The lowest BCUT2D eigenvalue weighted by molar-refractivity contribution is 0.699. The zero-order chi connectivity index (χ0) is 26.6. The zero-order valence-corrected chi connectivity index (χ0v) is 23.4. The van der Waals surface area contributed by atoms with E-state index in [4.69, 9.17) is 10.1 Å². The molecule has 38 heavy (non-hydrogen) atoms. The van der Waals surface area contributed by atoms with Crippen molar-refractivity contribution in [1.82, 2.24) is 4.98 Å². The molecule has 0 saturated heterocycles. The van der Waals surface area contributed by atoms with Crippen LogP contribution in [0.4, 0.5) is 17.2 Å². The van der Waals surface area contributed by atoms with Gasteiger partial charge in [0, 0.05) is 49.4 Å². The highest BCUT2D eigenvalue weighted by Gasteiger charge is 2.31. The molecule has 1 aliphatic rings. The molecule has 0 amide bonds. The second-order valence-electron chi connectivity index (χ2n) is 9.91. The fourth-order valence-electron chi connectivity index (χ4n) is 5.55. The van der Waals surface area contributed by atoms with E-state index in [1.54, 1.807) is 0 Å². The highest BCUT2D eigenvalue weighted by Crippen LogP contribution is 2.38. The summed E-state index contributed by atoms with van der Waals surface area (Å²) in [6.07, 6.45) is 0.836. The third kappa shape index (κ3) is 4.98. The third-order valence-electron chi connectivity index (χ3n) is 7.79. The second kappa shape index (κ2) is 11.3. The number of nitrogens with zero attached hydrogens (tertiary/aromatic N) is 5. The Morgan fingerprint density at radius 2 is 1.34 bits per heavy atom. The van der Waals surface area contributed by atoms with Crippen LogP contribution in [0.5, 0.6) is 0 Å². The highest BCUT2D eigenvalue weighted by molar-refractivity contribution is 6.03. The van der Waals surface area contributed by atoms with E-state index in [1.165, 1.54) is 33.5 Å². The van der Waals surface area contributed by atoms with Crippen LogP contribution in [0.2, 0.25) is 0 Å². The van der Waals surface area contributed by atoms with Crippen LogP contribution in [-0.4, -0.2) is 36.9 Å². The molecule has 1 aromatic heterocycles. The average molecular weight is 506 g/mol. The molecule has 5 rings (SSSR count). The number of hydrazone groups is 1. The molecule has 2 heterocycles. The summed E-state index contributed by atoms with van der Waals surface area (Å²) in [4.78, 5) is 9.81. The highest BCUT2D eigenvalue weighted by atomic mass is 15.5. The van der Waals surface area contributed by atoms with Crippen LogP contribution >= 0.6 is 0 Å². The lowest BCUT2D eigenvalue weighted by Crippen LogP contribution is -2.22. The number of fused-ring (bicyclic) bond motifs is 1. The summed E-state index contributed by atoms with van der Waals surface area (Å²) in [5.41, 5.74) is 8.26. The van der Waals surface area contributed by atoms with Gasteiger partial charge in [-0.2, -0.15) is 5.10 Å². The standard InChI is InChI=1S/C33H39N5/c1-6-36(7-2)27-18-14-25(15-19-27)31-23-32(26-16-20-28(21-17-26)37(8-3)9-4)38(35-31)33-22-24(5)29-12-10-11-13-30(29)34-33/h10-22,32H,6-9,23H2,1-5H3. The summed E-state index contributed by atoms with van der Waals surface area (Å²) >= 11 is 0. The van der Waals surface area contributed by atoms with Gasteiger partial charge in [0.15, 0.2) is 0 Å². The van der Waals surface area contributed by atoms with E-state index in [9.17, 15) is 0 Å². The second-order valence-corrected chi connectivity index (χ2v) is 9.91. The number of hydrogen-bond donors (Lipinski definition) is 0. The fourth-order valence-corrected chi connectivity index (χ4v) is 5.55. The molecular weight excluding hydrogens is 466 g/mol. The quantitative estimate of drug-likeness (QED) is 0.235. The van der Waals surface area contributed by atoms with E-state index < -0.39 is 0 Å². The van der Waals surface area contributed by atoms with Crippen molar-refractivity contribution in [2.24, 2.45) is 5.10 Å². The smallest absolute Gasteiger partial charge is 0.150 e. The molecule has 0 radical (unpaired) electrons. The summed E-state index contributed by atoms with van der Waals surface area (Å²) in [7, 11) is 0. The van der Waals surface area contributed by atoms with Gasteiger partial charge in [0.05, 0.1) is 17.3 Å². The third-order valence-corrected chi connectivity index (χ3v) is 7.79. The molecule has 0 spiro atoms. The average Bonchev–Trinajstić information content (AvgIpc) is 3.41. The van der Waals surface area contributed by atoms with Crippen LogP contribution in [-0.2, 0) is 0 Å². The molecule has 5 heteroatoms. The summed E-state index contributed by atoms with van der Waals surface area (Å²) < 4.78 is 0. The van der Waals surface area contributed by atoms with E-state index in [-0.39, 0.29) is 6.04 Å². The Bertz CT molecular complexity index is 1400. The van der Waals surface area contributed by atoms with Crippen molar-refractivity contribution in [1.29, 1.82) is 0 Å². The summed E-state index contributed by atoms with van der Waals surface area (Å²) in [5.74, 6) is 0.897. The van der Waals surface area contributed by atoms with Crippen molar-refractivity contribution in [3.05, 3.63) is 95.6 Å². The largest absolute Gasteiger partial charge is 0.372 e. The Kier molecular flexibility index (Phi) is 7.64. The molecule has 0 aliphatic carbocycles. The first-order valence-electron chi connectivity index (χ1n) is 14.0. The maximum atomic E-state index is 5.20. The molecule has 0 fully saturated rings. The minimum Gasteiger partial charge on any atom is -0.372 e. The monoisotopic (exact) mass is 505 g/mol. The van der Waals surface area contributed by atoms with Gasteiger partial charge in [-0.3, -0.25) is 0 Å². The molecule has 1 atom stereocenters. The van der Waals surface area contributed by atoms with Gasteiger partial charge in [0.2, 0.25) is 0 Å². The van der Waals surface area contributed by atoms with Crippen LogP contribution in [0, 0.1) is 6.92 Å². The van der Waals surface area contributed by atoms with Gasteiger partial charge < -0.3 is 9.80 Å². The molecule has 1 unspecified atom stereocenters. The molecule has 0 N–H and O–H groups in total. The van der Waals surface area contributed by atoms with Crippen LogP contribution in [0.15, 0.2) is 84.0 Å². The molecule has 0 bridgehead atoms. The summed E-state index contributed by atoms with van der Waals surface area (Å²) in [6, 6.07) is 28.5. The predicted molar refractivity (Wildman–Crippen MR) is 163 cm³/mol. The number of anilines is 3. The minimum absolute atomic E-state index is 0.0891. The maximum Gasteiger partial charge on any atom is 0.150 e. The summed E-state index contributed by atoms with van der Waals surface area (Å²) in [5, 5.41) is 8.53. The number of pyridine rings is 1. The molecular formula is C33H39N5. The van der Waals surface area contributed by atoms with E-state index in [0.717, 1.165) is 49.6 Å². The Balaban J connectivity index is 1.53. The van der Waals surface area contributed by atoms with Gasteiger partial charge in [-0.1, -0.05) is 42.5 Å². The molecule has 5 nitrogen and oxygen atoms in total. The lowest BCUT2D eigenvalue weighted by atomic mass is 9.97. The van der Waals surface area contributed by atoms with Crippen LogP contribution in [0.1, 0.15) is 56.8 Å². The van der Waals surface area contributed by atoms with Gasteiger partial charge in [-0.15, -0.1) is 0 Å². The maximum absolute atomic E-state index is 5.20. The number of para-hydroxylation sites is 1. The van der Waals surface area contributed by atoms with Gasteiger partial charge in [0.1, 0.15) is 5.82 Å². The number of aryl methyl sites for hydroxylation is 1. The molecule has 1 aliphatic heterocycles. The van der Waals surface area contributed by atoms with Gasteiger partial charge in [-0.25, -0.2) is 9.99 Å². The number of hydrogen-bond acceptors (Lipinski definition) is 5. The van der Waals surface area contributed by atoms with Crippen molar-refractivity contribution in [3.63, 3.8) is 0 Å². The first-order valence-corrected chi connectivity index (χ1v) is 14.0. The molecule has 3 aromatic carbocycles. The predicted octanol–water partition coefficient (Wildman–Crippen LogP) is 7.59. The van der Waals surface area contributed by atoms with Gasteiger partial charge >= 0.3 is 0 Å². The van der Waals surface area contributed by atoms with Gasteiger partial charge in [-0.05, 0) is 87.7 Å². The summed E-state index contributed by atoms with van der Waals surface area (Å²) in [6.45, 7) is 15.0. The Morgan fingerprint density at radius 1 is 0.763 bits per heavy atom. The molecule has 196 valence electrons. The van der Waals surface area contributed by atoms with Gasteiger partial charge in [0.25, 0.3) is 0 Å². The lowest BCUT2D eigenvalue weighted by Gasteiger charge is -2.25. The van der Waals surface area contributed by atoms with Crippen molar-refractivity contribution >= 4 is 33.8 Å². The van der Waals surface area contributed by atoms with Crippen molar-refractivity contribution in [3.8, 4) is 0 Å². The molecule has 0 saturated carbocycles. The van der Waals surface area contributed by atoms with E-state index >= 15 is 0 Å². The first-order chi connectivity index (χ1) is 18.6. The van der Waals surface area contributed by atoms with Crippen LogP contribution in [0.25, 0.3) is 10.9 Å². The Labute approximate surface area is 227 Å². The van der Waals surface area contributed by atoms with Crippen molar-refractivity contribution in [2.75, 3.05) is 41.0 Å². The number of benzene rings is 3. The number of aromatic nitrogens is 1. The van der Waals surface area contributed by atoms with E-state index in [1.807, 2.05) is 0 Å². The van der Waals surface area contributed by atoms with Crippen LogP contribution in [0.3, 0.4) is 0 Å². The SMILES string of the molecule is CCN(CC)c1ccc(C2=NN(c3cc(C)c4ccccc4n3)C(c3ccc(N(CC)CC)cc3)C2)cc1. The Morgan fingerprint density at radius 3 is 1.95 bits per heavy atom. The Hall–Kier alpha value is -3.86. The van der Waals surface area contributed by atoms with E-state index in [0.29, 0.717) is 0 Å². The number of rotatable bonds is 9. The normalized spacial score (nSPS) is 15.1.